The Morgan fingerprint density at radius 3 is 2.95 bits per heavy atom. The Labute approximate surface area is 133 Å². The number of ether oxygens (including phenoxy) is 2. The van der Waals surface area contributed by atoms with Gasteiger partial charge in [-0.25, -0.2) is 0 Å². The van der Waals surface area contributed by atoms with Gasteiger partial charge in [0, 0.05) is 33.4 Å². The number of nitrogens with one attached hydrogen (secondary N) is 1. The van der Waals surface area contributed by atoms with Crippen LogP contribution in [0.5, 0.6) is 0 Å². The molecule has 1 saturated heterocycles. The van der Waals surface area contributed by atoms with Gasteiger partial charge in [-0.05, 0) is 50.2 Å². The number of hydrogen-bond acceptors (Lipinski definition) is 3. The molecule has 1 aliphatic carbocycles. The third-order valence-corrected chi connectivity index (χ3v) is 4.58. The monoisotopic (exact) mass is 312 g/mol. The first-order chi connectivity index (χ1) is 10.3. The van der Waals surface area contributed by atoms with Gasteiger partial charge in [-0.1, -0.05) is 12.2 Å². The van der Waals surface area contributed by atoms with Crippen molar-refractivity contribution in [2.24, 2.45) is 5.92 Å². The van der Waals surface area contributed by atoms with E-state index in [-0.39, 0.29) is 0 Å². The summed E-state index contributed by atoms with van der Waals surface area (Å²) in [5.74, 6) is 0.707. The Balaban J connectivity index is 1.85. The van der Waals surface area contributed by atoms with Crippen LogP contribution in [0.15, 0.2) is 12.2 Å². The minimum Gasteiger partial charge on any atom is -0.383 e. The summed E-state index contributed by atoms with van der Waals surface area (Å²) >= 11 is 5.58. The van der Waals surface area contributed by atoms with Crippen molar-refractivity contribution in [3.63, 3.8) is 0 Å². The summed E-state index contributed by atoms with van der Waals surface area (Å²) in [6.07, 6.45) is 10.9. The smallest absolute Gasteiger partial charge is 0.169 e. The molecule has 0 aromatic carbocycles. The highest BCUT2D eigenvalue weighted by Gasteiger charge is 2.23. The van der Waals surface area contributed by atoms with Crippen LogP contribution in [0.2, 0.25) is 0 Å². The van der Waals surface area contributed by atoms with Gasteiger partial charge < -0.3 is 19.7 Å². The van der Waals surface area contributed by atoms with Crippen molar-refractivity contribution in [2.75, 3.05) is 40.0 Å². The molecule has 1 heterocycles. The van der Waals surface area contributed by atoms with Crippen LogP contribution in [0, 0.1) is 5.92 Å². The van der Waals surface area contributed by atoms with E-state index in [4.69, 9.17) is 21.7 Å². The van der Waals surface area contributed by atoms with E-state index in [2.05, 4.69) is 22.4 Å². The van der Waals surface area contributed by atoms with Crippen LogP contribution in [0.1, 0.15) is 32.1 Å². The molecule has 0 radical (unpaired) electrons. The molecule has 21 heavy (non-hydrogen) atoms. The molecule has 1 fully saturated rings. The van der Waals surface area contributed by atoms with Crippen molar-refractivity contribution >= 4 is 17.3 Å². The van der Waals surface area contributed by atoms with E-state index in [1.807, 2.05) is 0 Å². The highest BCUT2D eigenvalue weighted by molar-refractivity contribution is 7.80. The molecule has 120 valence electrons. The van der Waals surface area contributed by atoms with Gasteiger partial charge in [0.1, 0.15) is 0 Å². The molecular formula is C16H28N2O2S. The first-order valence-corrected chi connectivity index (χ1v) is 8.48. The van der Waals surface area contributed by atoms with Gasteiger partial charge in [0.05, 0.1) is 12.7 Å². The zero-order chi connectivity index (χ0) is 14.9. The van der Waals surface area contributed by atoms with Crippen LogP contribution in [0.4, 0.5) is 0 Å². The summed E-state index contributed by atoms with van der Waals surface area (Å²) in [4.78, 5) is 2.31. The van der Waals surface area contributed by atoms with Crippen molar-refractivity contribution < 1.29 is 9.47 Å². The van der Waals surface area contributed by atoms with E-state index in [0.717, 1.165) is 37.8 Å². The largest absolute Gasteiger partial charge is 0.383 e. The van der Waals surface area contributed by atoms with E-state index >= 15 is 0 Å². The third kappa shape index (κ3) is 5.93. The minimum atomic E-state index is 0.339. The second kappa shape index (κ2) is 9.38. The zero-order valence-electron chi connectivity index (χ0n) is 13.1. The van der Waals surface area contributed by atoms with Crippen molar-refractivity contribution in [1.82, 2.24) is 10.2 Å². The number of hydrogen-bond donors (Lipinski definition) is 1. The second-order valence-electron chi connectivity index (χ2n) is 5.92. The lowest BCUT2D eigenvalue weighted by molar-refractivity contribution is 0.0872. The molecule has 0 spiro atoms. The molecule has 0 saturated carbocycles. The Morgan fingerprint density at radius 1 is 1.38 bits per heavy atom. The number of thiocarbonyl (C=S) groups is 1. The van der Waals surface area contributed by atoms with E-state index in [1.54, 1.807) is 7.11 Å². The third-order valence-electron chi connectivity index (χ3n) is 4.17. The molecule has 2 atom stereocenters. The SMILES string of the molecule is COCCNC(=S)N(C[C@@H]1CC=CCC1)C[C@H]1CCCO1. The van der Waals surface area contributed by atoms with Gasteiger partial charge in [0.25, 0.3) is 0 Å². The molecule has 1 aliphatic heterocycles. The van der Waals surface area contributed by atoms with Gasteiger partial charge in [0.2, 0.25) is 0 Å². The average molecular weight is 312 g/mol. The van der Waals surface area contributed by atoms with Crippen LogP contribution in [-0.2, 0) is 9.47 Å². The molecule has 0 aromatic rings. The molecule has 0 unspecified atom stereocenters. The summed E-state index contributed by atoms with van der Waals surface area (Å²) in [5.41, 5.74) is 0. The standard InChI is InChI=1S/C16H28N2O2S/c1-19-11-9-17-16(21)18(13-15-8-5-10-20-15)12-14-6-3-2-4-7-14/h2-3,14-15H,4-13H2,1H3,(H,17,21)/t14-,15-/m1/s1. The van der Waals surface area contributed by atoms with E-state index in [0.29, 0.717) is 18.6 Å². The summed E-state index contributed by atoms with van der Waals surface area (Å²) in [7, 11) is 1.71. The molecular weight excluding hydrogens is 284 g/mol. The van der Waals surface area contributed by atoms with Crippen molar-refractivity contribution in [1.29, 1.82) is 0 Å². The minimum absolute atomic E-state index is 0.339. The second-order valence-corrected chi connectivity index (χ2v) is 6.30. The Hall–Kier alpha value is -0.650. The van der Waals surface area contributed by atoms with Gasteiger partial charge in [0.15, 0.2) is 5.11 Å². The molecule has 2 aliphatic rings. The number of nitrogens with zero attached hydrogens (tertiary/aromatic N) is 1. The van der Waals surface area contributed by atoms with Crippen molar-refractivity contribution in [3.8, 4) is 0 Å². The molecule has 0 amide bonds. The molecule has 0 bridgehead atoms. The van der Waals surface area contributed by atoms with Crippen LogP contribution in [0.3, 0.4) is 0 Å². The topological polar surface area (TPSA) is 33.7 Å². The maximum absolute atomic E-state index is 5.78. The van der Waals surface area contributed by atoms with E-state index in [1.165, 1.54) is 25.7 Å². The maximum atomic E-state index is 5.78. The van der Waals surface area contributed by atoms with Gasteiger partial charge >= 0.3 is 0 Å². The van der Waals surface area contributed by atoms with Crippen LogP contribution in [0.25, 0.3) is 0 Å². The normalized spacial score (nSPS) is 25.0. The first-order valence-electron chi connectivity index (χ1n) is 8.08. The van der Waals surface area contributed by atoms with E-state index < -0.39 is 0 Å². The van der Waals surface area contributed by atoms with Gasteiger partial charge in [-0.3, -0.25) is 0 Å². The lowest BCUT2D eigenvalue weighted by Gasteiger charge is -2.32. The fourth-order valence-electron chi connectivity index (χ4n) is 2.98. The lowest BCUT2D eigenvalue weighted by Crippen LogP contribution is -2.46. The quantitative estimate of drug-likeness (QED) is 0.443. The Morgan fingerprint density at radius 2 is 2.29 bits per heavy atom. The zero-order valence-corrected chi connectivity index (χ0v) is 13.9. The molecule has 5 heteroatoms. The number of allylic oxidation sites excluding steroid dienone is 2. The van der Waals surface area contributed by atoms with Gasteiger partial charge in [-0.2, -0.15) is 0 Å². The molecule has 2 rings (SSSR count). The molecule has 0 aromatic heterocycles. The summed E-state index contributed by atoms with van der Waals surface area (Å²) in [6.45, 7) is 4.29. The van der Waals surface area contributed by atoms with Crippen LogP contribution in [-0.4, -0.2) is 56.1 Å². The highest BCUT2D eigenvalue weighted by Crippen LogP contribution is 2.21. The average Bonchev–Trinajstić information content (AvgIpc) is 3.01. The fourth-order valence-corrected chi connectivity index (χ4v) is 3.23. The Kier molecular flexibility index (Phi) is 7.47. The molecule has 4 nitrogen and oxygen atoms in total. The summed E-state index contributed by atoms with van der Waals surface area (Å²) in [6, 6.07) is 0. The predicted octanol–water partition coefficient (Wildman–Crippen LogP) is 2.34. The maximum Gasteiger partial charge on any atom is 0.169 e. The fraction of sp³-hybridized carbons (Fsp3) is 0.812. The summed E-state index contributed by atoms with van der Waals surface area (Å²) in [5, 5.41) is 4.15. The first kappa shape index (κ1) is 16.7. The van der Waals surface area contributed by atoms with Crippen LogP contribution < -0.4 is 5.32 Å². The van der Waals surface area contributed by atoms with Crippen LogP contribution >= 0.6 is 12.2 Å². The lowest BCUT2D eigenvalue weighted by atomic mass is 9.94. The number of methoxy groups -OCH3 is 1. The molecule has 1 N–H and O–H groups in total. The number of rotatable bonds is 7. The van der Waals surface area contributed by atoms with Crippen molar-refractivity contribution in [2.45, 2.75) is 38.2 Å². The summed E-state index contributed by atoms with van der Waals surface area (Å²) < 4.78 is 10.9. The Bertz CT molecular complexity index is 343. The van der Waals surface area contributed by atoms with E-state index in [9.17, 15) is 0 Å². The van der Waals surface area contributed by atoms with Crippen molar-refractivity contribution in [3.05, 3.63) is 12.2 Å². The highest BCUT2D eigenvalue weighted by atomic mass is 32.1. The van der Waals surface area contributed by atoms with Gasteiger partial charge in [-0.15, -0.1) is 0 Å². The predicted molar refractivity (Wildman–Crippen MR) is 89.5 cm³/mol.